The SMILES string of the molecule is CS(=O)(=O)Nc1ccc(NCc2csnn2)cc1. The lowest BCUT2D eigenvalue weighted by Crippen LogP contribution is -2.09. The van der Waals surface area contributed by atoms with Gasteiger partial charge < -0.3 is 5.32 Å². The number of anilines is 2. The van der Waals surface area contributed by atoms with Crippen molar-refractivity contribution in [3.8, 4) is 0 Å². The monoisotopic (exact) mass is 284 g/mol. The number of sulfonamides is 1. The van der Waals surface area contributed by atoms with Crippen LogP contribution in [-0.4, -0.2) is 24.3 Å². The predicted octanol–water partition coefficient (Wildman–Crippen LogP) is 1.52. The zero-order valence-electron chi connectivity index (χ0n) is 9.62. The van der Waals surface area contributed by atoms with E-state index in [1.165, 1.54) is 11.5 Å². The van der Waals surface area contributed by atoms with E-state index < -0.39 is 10.0 Å². The maximum absolute atomic E-state index is 11.0. The van der Waals surface area contributed by atoms with E-state index in [1.54, 1.807) is 24.3 Å². The molecule has 0 fully saturated rings. The molecule has 2 aromatic rings. The second kappa shape index (κ2) is 5.32. The second-order valence-corrected chi connectivity index (χ2v) is 6.06. The molecule has 0 radical (unpaired) electrons. The molecule has 1 heterocycles. The van der Waals surface area contributed by atoms with Crippen LogP contribution in [0.15, 0.2) is 29.6 Å². The maximum Gasteiger partial charge on any atom is 0.229 e. The Morgan fingerprint density at radius 3 is 2.44 bits per heavy atom. The molecule has 0 atom stereocenters. The largest absolute Gasteiger partial charge is 0.379 e. The summed E-state index contributed by atoms with van der Waals surface area (Å²) in [7, 11) is -3.23. The van der Waals surface area contributed by atoms with Crippen molar-refractivity contribution in [3.05, 3.63) is 35.3 Å². The normalized spacial score (nSPS) is 11.2. The minimum absolute atomic E-state index is 0.540. The molecule has 1 aromatic carbocycles. The second-order valence-electron chi connectivity index (χ2n) is 3.70. The van der Waals surface area contributed by atoms with Crippen LogP contribution in [0.2, 0.25) is 0 Å². The molecule has 0 aliphatic carbocycles. The average molecular weight is 284 g/mol. The number of rotatable bonds is 5. The third kappa shape index (κ3) is 3.97. The molecular formula is C10H12N4O2S2. The lowest BCUT2D eigenvalue weighted by atomic mass is 10.3. The van der Waals surface area contributed by atoms with Crippen molar-refractivity contribution in [2.75, 3.05) is 16.3 Å². The van der Waals surface area contributed by atoms with Gasteiger partial charge in [-0.2, -0.15) is 0 Å². The predicted molar refractivity (Wildman–Crippen MR) is 72.1 cm³/mol. The molecule has 0 saturated carbocycles. The third-order valence-electron chi connectivity index (χ3n) is 2.07. The zero-order chi connectivity index (χ0) is 13.0. The Kier molecular flexibility index (Phi) is 3.78. The molecule has 0 aliphatic heterocycles. The summed E-state index contributed by atoms with van der Waals surface area (Å²) >= 11 is 1.31. The Morgan fingerprint density at radius 2 is 1.89 bits per heavy atom. The Labute approximate surface area is 109 Å². The molecule has 1 aromatic heterocycles. The number of hydrogen-bond acceptors (Lipinski definition) is 6. The molecule has 0 aliphatic rings. The van der Waals surface area contributed by atoms with Gasteiger partial charge in [0.2, 0.25) is 10.0 Å². The van der Waals surface area contributed by atoms with E-state index in [-0.39, 0.29) is 0 Å². The fourth-order valence-corrected chi connectivity index (χ4v) is 2.34. The van der Waals surface area contributed by atoms with Crippen molar-refractivity contribution in [2.24, 2.45) is 0 Å². The lowest BCUT2D eigenvalue weighted by molar-refractivity contribution is 0.607. The number of benzene rings is 1. The number of hydrogen-bond donors (Lipinski definition) is 2. The van der Waals surface area contributed by atoms with Gasteiger partial charge in [-0.15, -0.1) is 5.10 Å². The Bertz CT molecular complexity index is 593. The van der Waals surface area contributed by atoms with Crippen molar-refractivity contribution in [2.45, 2.75) is 6.54 Å². The molecule has 0 bridgehead atoms. The molecule has 2 rings (SSSR count). The third-order valence-corrected chi connectivity index (χ3v) is 3.23. The van der Waals surface area contributed by atoms with Gasteiger partial charge in [0.05, 0.1) is 18.5 Å². The first-order chi connectivity index (χ1) is 8.53. The standard InChI is InChI=1S/C10H12N4O2S2/c1-18(15,16)13-9-4-2-8(3-5-9)11-6-10-7-17-14-12-10/h2-5,7,11,13H,6H2,1H3. The number of nitrogens with zero attached hydrogens (tertiary/aromatic N) is 2. The van der Waals surface area contributed by atoms with Crippen LogP contribution in [0.5, 0.6) is 0 Å². The molecule has 96 valence electrons. The molecule has 0 amide bonds. The van der Waals surface area contributed by atoms with Gasteiger partial charge in [-0.3, -0.25) is 4.72 Å². The smallest absolute Gasteiger partial charge is 0.229 e. The van der Waals surface area contributed by atoms with Crippen LogP contribution in [0.4, 0.5) is 11.4 Å². The Hall–Kier alpha value is -1.67. The highest BCUT2D eigenvalue weighted by Crippen LogP contribution is 2.15. The molecule has 18 heavy (non-hydrogen) atoms. The summed E-state index contributed by atoms with van der Waals surface area (Å²) in [6.45, 7) is 0.593. The van der Waals surface area contributed by atoms with Crippen LogP contribution in [0.3, 0.4) is 0 Å². The molecule has 2 N–H and O–H groups in total. The summed E-state index contributed by atoms with van der Waals surface area (Å²) in [6.07, 6.45) is 1.12. The minimum atomic E-state index is -3.23. The van der Waals surface area contributed by atoms with E-state index in [0.29, 0.717) is 12.2 Å². The Balaban J connectivity index is 1.95. The van der Waals surface area contributed by atoms with Crippen molar-refractivity contribution >= 4 is 32.9 Å². The molecule has 6 nitrogen and oxygen atoms in total. The number of nitrogens with one attached hydrogen (secondary N) is 2. The summed E-state index contributed by atoms with van der Waals surface area (Å²) in [5.41, 5.74) is 2.30. The summed E-state index contributed by atoms with van der Waals surface area (Å²) in [4.78, 5) is 0. The van der Waals surface area contributed by atoms with Crippen LogP contribution in [0, 0.1) is 0 Å². The first-order valence-electron chi connectivity index (χ1n) is 5.10. The van der Waals surface area contributed by atoms with E-state index in [1.807, 2.05) is 5.38 Å². The fraction of sp³-hybridized carbons (Fsp3) is 0.200. The van der Waals surface area contributed by atoms with Crippen LogP contribution in [-0.2, 0) is 16.6 Å². The van der Waals surface area contributed by atoms with Gasteiger partial charge in [0.1, 0.15) is 0 Å². The van der Waals surface area contributed by atoms with Crippen LogP contribution in [0.25, 0.3) is 0 Å². The molecule has 0 spiro atoms. The maximum atomic E-state index is 11.0. The van der Waals surface area contributed by atoms with Gasteiger partial charge in [0, 0.05) is 16.8 Å². The van der Waals surface area contributed by atoms with Gasteiger partial charge in [-0.1, -0.05) is 4.49 Å². The highest BCUT2D eigenvalue weighted by molar-refractivity contribution is 7.92. The van der Waals surface area contributed by atoms with E-state index in [2.05, 4.69) is 19.6 Å². The van der Waals surface area contributed by atoms with E-state index in [4.69, 9.17) is 0 Å². The highest BCUT2D eigenvalue weighted by atomic mass is 32.2. The van der Waals surface area contributed by atoms with Crippen molar-refractivity contribution in [1.82, 2.24) is 9.59 Å². The van der Waals surface area contributed by atoms with Gasteiger partial charge in [-0.25, -0.2) is 8.42 Å². The minimum Gasteiger partial charge on any atom is -0.379 e. The first-order valence-corrected chi connectivity index (χ1v) is 7.83. The van der Waals surface area contributed by atoms with Crippen molar-refractivity contribution in [3.63, 3.8) is 0 Å². The van der Waals surface area contributed by atoms with Crippen LogP contribution >= 0.6 is 11.5 Å². The summed E-state index contributed by atoms with van der Waals surface area (Å²) in [5.74, 6) is 0. The summed E-state index contributed by atoms with van der Waals surface area (Å²) in [5, 5.41) is 8.94. The quantitative estimate of drug-likeness (QED) is 0.869. The van der Waals surface area contributed by atoms with E-state index >= 15 is 0 Å². The summed E-state index contributed by atoms with van der Waals surface area (Å²) in [6, 6.07) is 6.99. The van der Waals surface area contributed by atoms with Crippen molar-refractivity contribution < 1.29 is 8.42 Å². The average Bonchev–Trinajstić information content (AvgIpc) is 2.79. The van der Waals surface area contributed by atoms with Crippen LogP contribution < -0.4 is 10.0 Å². The van der Waals surface area contributed by atoms with E-state index in [9.17, 15) is 8.42 Å². The molecular weight excluding hydrogens is 272 g/mol. The topological polar surface area (TPSA) is 84.0 Å². The van der Waals surface area contributed by atoms with Gasteiger partial charge >= 0.3 is 0 Å². The van der Waals surface area contributed by atoms with Gasteiger partial charge in [-0.05, 0) is 35.8 Å². The zero-order valence-corrected chi connectivity index (χ0v) is 11.3. The molecule has 0 unspecified atom stereocenters. The lowest BCUT2D eigenvalue weighted by Gasteiger charge is -2.06. The number of aromatic nitrogens is 2. The fourth-order valence-electron chi connectivity index (χ4n) is 1.32. The molecule has 8 heteroatoms. The van der Waals surface area contributed by atoms with Crippen LogP contribution in [0.1, 0.15) is 5.69 Å². The van der Waals surface area contributed by atoms with E-state index in [0.717, 1.165) is 17.6 Å². The van der Waals surface area contributed by atoms with Gasteiger partial charge in [0.15, 0.2) is 0 Å². The molecule has 0 saturated heterocycles. The summed E-state index contributed by atoms with van der Waals surface area (Å²) < 4.78 is 28.2. The highest BCUT2D eigenvalue weighted by Gasteiger charge is 2.01. The Morgan fingerprint density at radius 1 is 1.22 bits per heavy atom. The first kappa shape index (κ1) is 12.8. The van der Waals surface area contributed by atoms with Crippen molar-refractivity contribution in [1.29, 1.82) is 0 Å². The van der Waals surface area contributed by atoms with Gasteiger partial charge in [0.25, 0.3) is 0 Å².